The normalized spacial score (nSPS) is 11.4. The second-order valence-electron chi connectivity index (χ2n) is 4.30. The molecule has 0 saturated heterocycles. The number of hydrogen-bond donors (Lipinski definition) is 3. The number of imidazole rings is 1. The van der Waals surface area contributed by atoms with Gasteiger partial charge in [0.2, 0.25) is 0 Å². The molecule has 0 saturated carbocycles. The number of aromatic nitrogens is 4. The van der Waals surface area contributed by atoms with Crippen molar-refractivity contribution < 1.29 is 0 Å². The smallest absolute Gasteiger partial charge is 0.277 e. The van der Waals surface area contributed by atoms with Crippen LogP contribution < -0.4 is 5.56 Å². The van der Waals surface area contributed by atoms with E-state index in [0.29, 0.717) is 16.3 Å². The van der Waals surface area contributed by atoms with Crippen molar-refractivity contribution in [3.05, 3.63) is 57.1 Å². The molecule has 2 heterocycles. The number of thioether (sulfide) groups is 1. The highest BCUT2D eigenvalue weighted by Crippen LogP contribution is 2.16. The van der Waals surface area contributed by atoms with Crippen LogP contribution in [-0.2, 0) is 0 Å². The summed E-state index contributed by atoms with van der Waals surface area (Å²) in [6, 6.07) is 10.1. The zero-order chi connectivity index (χ0) is 14.7. The average molecular weight is 316 g/mol. The Bertz CT molecular complexity index is 892. The van der Waals surface area contributed by atoms with Gasteiger partial charge in [-0.05, 0) is 17.8 Å². The lowest BCUT2D eigenvalue weighted by atomic mass is 10.2. The Hall–Kier alpha value is -2.12. The van der Waals surface area contributed by atoms with Crippen LogP contribution >= 0.6 is 24.0 Å². The summed E-state index contributed by atoms with van der Waals surface area (Å²) in [5, 5.41) is 0.685. The second-order valence-corrected chi connectivity index (χ2v) is 5.71. The van der Waals surface area contributed by atoms with E-state index in [1.807, 2.05) is 30.3 Å². The van der Waals surface area contributed by atoms with Crippen molar-refractivity contribution in [1.29, 1.82) is 0 Å². The Morgan fingerprint density at radius 2 is 2.00 bits per heavy atom. The standard InChI is InChI=1S/C14H12N4OS2/c19-12-10-11(16-13(20)18-12)17-14(15-10)21-8-4-7-9-5-2-1-3-6-9/h1-7H,8H2,(H3,15,16,17,18,19,20)/b7-4+. The maximum atomic E-state index is 11.7. The fourth-order valence-electron chi connectivity index (χ4n) is 1.85. The monoisotopic (exact) mass is 316 g/mol. The van der Waals surface area contributed by atoms with Crippen LogP contribution in [0.15, 0.2) is 46.4 Å². The first kappa shape index (κ1) is 13.8. The van der Waals surface area contributed by atoms with Gasteiger partial charge in [-0.15, -0.1) is 0 Å². The molecule has 3 N–H and O–H groups in total. The van der Waals surface area contributed by atoms with Crippen molar-refractivity contribution in [1.82, 2.24) is 19.9 Å². The van der Waals surface area contributed by atoms with Crippen LogP contribution in [0.3, 0.4) is 0 Å². The van der Waals surface area contributed by atoms with Crippen LogP contribution in [0.4, 0.5) is 0 Å². The quantitative estimate of drug-likeness (QED) is 0.510. The molecule has 0 aliphatic rings. The largest absolute Gasteiger partial charge is 0.327 e. The summed E-state index contributed by atoms with van der Waals surface area (Å²) in [5.74, 6) is 0.757. The molecule has 0 aliphatic heterocycles. The highest BCUT2D eigenvalue weighted by atomic mass is 32.2. The molecule has 3 aromatic rings. The van der Waals surface area contributed by atoms with Crippen molar-refractivity contribution >= 4 is 41.2 Å². The zero-order valence-corrected chi connectivity index (χ0v) is 12.6. The first-order valence-corrected chi connectivity index (χ1v) is 7.68. The Balaban J connectivity index is 1.71. The van der Waals surface area contributed by atoms with Crippen LogP contribution in [0.25, 0.3) is 17.2 Å². The molecule has 0 amide bonds. The molecule has 0 radical (unpaired) electrons. The minimum Gasteiger partial charge on any atom is -0.327 e. The van der Waals surface area contributed by atoms with Crippen molar-refractivity contribution in [3.8, 4) is 0 Å². The Morgan fingerprint density at radius 3 is 2.81 bits per heavy atom. The second kappa shape index (κ2) is 6.11. The summed E-state index contributed by atoms with van der Waals surface area (Å²) >= 11 is 6.43. The first-order chi connectivity index (χ1) is 10.2. The minimum absolute atomic E-state index is 0.257. The number of H-pyrrole nitrogens is 3. The van der Waals surface area contributed by atoms with Gasteiger partial charge in [0.25, 0.3) is 5.56 Å². The molecule has 21 heavy (non-hydrogen) atoms. The predicted octanol–water partition coefficient (Wildman–Crippen LogP) is 3.11. The lowest BCUT2D eigenvalue weighted by Gasteiger charge is -1.92. The van der Waals surface area contributed by atoms with Crippen LogP contribution in [0.1, 0.15) is 5.56 Å². The molecule has 0 aliphatic carbocycles. The molecule has 0 atom stereocenters. The van der Waals surface area contributed by atoms with Gasteiger partial charge in [0.15, 0.2) is 15.6 Å². The van der Waals surface area contributed by atoms with Gasteiger partial charge in [-0.3, -0.25) is 9.78 Å². The minimum atomic E-state index is -0.257. The molecule has 106 valence electrons. The van der Waals surface area contributed by atoms with Gasteiger partial charge in [0, 0.05) is 5.75 Å². The molecular weight excluding hydrogens is 304 g/mol. The lowest BCUT2D eigenvalue weighted by Crippen LogP contribution is -2.07. The van der Waals surface area contributed by atoms with Crippen LogP contribution in [0, 0.1) is 4.77 Å². The zero-order valence-electron chi connectivity index (χ0n) is 10.9. The molecule has 0 unspecified atom stereocenters. The summed E-state index contributed by atoms with van der Waals surface area (Å²) in [5.41, 5.74) is 1.80. The molecule has 0 bridgehead atoms. The summed E-state index contributed by atoms with van der Waals surface area (Å²) in [4.78, 5) is 24.4. The lowest BCUT2D eigenvalue weighted by molar-refractivity contribution is 1.07. The molecule has 5 nitrogen and oxygen atoms in total. The molecule has 0 fully saturated rings. The summed E-state index contributed by atoms with van der Waals surface area (Å²) in [7, 11) is 0. The first-order valence-electron chi connectivity index (χ1n) is 6.29. The highest BCUT2D eigenvalue weighted by Gasteiger charge is 2.06. The van der Waals surface area contributed by atoms with Gasteiger partial charge < -0.3 is 9.97 Å². The SMILES string of the molecule is O=c1[nH]c(=S)[nH]c2nc(SC/C=C/c3ccccc3)[nH]c12. The molecule has 7 heteroatoms. The van der Waals surface area contributed by atoms with Crippen molar-refractivity contribution in [2.75, 3.05) is 5.75 Å². The van der Waals surface area contributed by atoms with Gasteiger partial charge in [-0.25, -0.2) is 4.98 Å². The number of nitrogens with one attached hydrogen (secondary N) is 3. The fraction of sp³-hybridized carbons (Fsp3) is 0.0714. The van der Waals surface area contributed by atoms with E-state index >= 15 is 0 Å². The number of aromatic amines is 3. The number of nitrogens with zero attached hydrogens (tertiary/aromatic N) is 1. The van der Waals surface area contributed by atoms with E-state index in [1.54, 1.807) is 0 Å². The fourth-order valence-corrected chi connectivity index (χ4v) is 2.72. The van der Waals surface area contributed by atoms with E-state index in [1.165, 1.54) is 11.8 Å². The van der Waals surface area contributed by atoms with E-state index in [0.717, 1.165) is 11.3 Å². The van der Waals surface area contributed by atoms with E-state index in [-0.39, 0.29) is 10.3 Å². The van der Waals surface area contributed by atoms with Gasteiger partial charge >= 0.3 is 0 Å². The Labute approximate surface area is 129 Å². The summed E-state index contributed by atoms with van der Waals surface area (Å²) in [6.45, 7) is 0. The van der Waals surface area contributed by atoms with E-state index in [2.05, 4.69) is 32.1 Å². The number of rotatable bonds is 4. The van der Waals surface area contributed by atoms with E-state index < -0.39 is 0 Å². The van der Waals surface area contributed by atoms with E-state index in [4.69, 9.17) is 12.2 Å². The van der Waals surface area contributed by atoms with Crippen LogP contribution in [0.2, 0.25) is 0 Å². The highest BCUT2D eigenvalue weighted by molar-refractivity contribution is 7.99. The summed E-state index contributed by atoms with van der Waals surface area (Å²) in [6.07, 6.45) is 4.11. The Morgan fingerprint density at radius 1 is 1.19 bits per heavy atom. The van der Waals surface area contributed by atoms with Gasteiger partial charge in [0.05, 0.1) is 0 Å². The summed E-state index contributed by atoms with van der Waals surface area (Å²) < 4.78 is 0.277. The third-order valence-corrected chi connectivity index (χ3v) is 3.82. The average Bonchev–Trinajstić information content (AvgIpc) is 2.88. The number of benzene rings is 1. The number of fused-ring (bicyclic) bond motifs is 1. The van der Waals surface area contributed by atoms with Crippen molar-refractivity contribution in [2.24, 2.45) is 0 Å². The topological polar surface area (TPSA) is 77.3 Å². The van der Waals surface area contributed by atoms with Gasteiger partial charge in [0.1, 0.15) is 5.52 Å². The predicted molar refractivity (Wildman–Crippen MR) is 88.1 cm³/mol. The van der Waals surface area contributed by atoms with Gasteiger partial charge in [-0.1, -0.05) is 54.2 Å². The third kappa shape index (κ3) is 3.32. The molecule has 2 aromatic heterocycles. The van der Waals surface area contributed by atoms with Crippen molar-refractivity contribution in [2.45, 2.75) is 5.16 Å². The van der Waals surface area contributed by atoms with E-state index in [9.17, 15) is 4.79 Å². The third-order valence-electron chi connectivity index (χ3n) is 2.79. The van der Waals surface area contributed by atoms with Crippen LogP contribution in [-0.4, -0.2) is 25.7 Å². The van der Waals surface area contributed by atoms with Gasteiger partial charge in [-0.2, -0.15) is 0 Å². The molecular formula is C14H12N4OS2. The maximum Gasteiger partial charge on any atom is 0.277 e. The Kier molecular flexibility index (Phi) is 4.03. The number of hydrogen-bond acceptors (Lipinski definition) is 4. The molecule has 3 rings (SSSR count). The maximum absolute atomic E-state index is 11.7. The molecule has 0 spiro atoms. The van der Waals surface area contributed by atoms with Crippen LogP contribution in [0.5, 0.6) is 0 Å². The van der Waals surface area contributed by atoms with Crippen molar-refractivity contribution in [3.63, 3.8) is 0 Å². The molecule has 1 aromatic carbocycles.